The van der Waals surface area contributed by atoms with Gasteiger partial charge in [-0.15, -0.1) is 0 Å². The summed E-state index contributed by atoms with van der Waals surface area (Å²) in [7, 11) is 0. The fraction of sp³-hybridized carbons (Fsp3) is 0.857. The summed E-state index contributed by atoms with van der Waals surface area (Å²) in [4.78, 5) is 25.3. The van der Waals surface area contributed by atoms with Crippen LogP contribution in [-0.4, -0.2) is 54.3 Å². The van der Waals surface area contributed by atoms with Crippen molar-refractivity contribution in [2.24, 2.45) is 0 Å². The fourth-order valence-electron chi connectivity index (χ4n) is 2.13. The Balaban J connectivity index is 2.28. The van der Waals surface area contributed by atoms with Crippen molar-refractivity contribution in [3.8, 4) is 0 Å². The van der Waals surface area contributed by atoms with Crippen LogP contribution in [0.15, 0.2) is 0 Å². The minimum atomic E-state index is -0.525. The highest BCUT2D eigenvalue weighted by Crippen LogP contribution is 2.11. The van der Waals surface area contributed by atoms with Gasteiger partial charge in [-0.1, -0.05) is 0 Å². The Labute approximate surface area is 120 Å². The maximum Gasteiger partial charge on any atom is 0.407 e. The molecule has 1 aliphatic rings. The predicted molar refractivity (Wildman–Crippen MR) is 75.4 cm³/mol. The topological polar surface area (TPSA) is 67.9 Å². The van der Waals surface area contributed by atoms with E-state index in [9.17, 15) is 9.59 Å². The van der Waals surface area contributed by atoms with E-state index in [2.05, 4.69) is 5.32 Å². The third kappa shape index (κ3) is 6.23. The van der Waals surface area contributed by atoms with Gasteiger partial charge in [-0.05, 0) is 34.6 Å². The molecule has 0 aromatic heterocycles. The van der Waals surface area contributed by atoms with E-state index in [4.69, 9.17) is 9.47 Å². The third-order valence-electron chi connectivity index (χ3n) is 2.78. The highest BCUT2D eigenvalue weighted by Gasteiger charge is 2.25. The summed E-state index contributed by atoms with van der Waals surface area (Å²) in [6.45, 7) is 10.8. The number of carbonyl (C=O) groups is 2. The number of ether oxygens (including phenoxy) is 2. The van der Waals surface area contributed by atoms with Crippen molar-refractivity contribution in [2.45, 2.75) is 58.8 Å². The van der Waals surface area contributed by atoms with Gasteiger partial charge in [0.05, 0.1) is 12.2 Å². The van der Waals surface area contributed by atoms with Crippen LogP contribution in [0.2, 0.25) is 0 Å². The number of hydrogen-bond donors (Lipinski definition) is 1. The van der Waals surface area contributed by atoms with Crippen molar-refractivity contribution >= 4 is 12.0 Å². The van der Waals surface area contributed by atoms with E-state index in [0.717, 1.165) is 0 Å². The lowest BCUT2D eigenvalue weighted by molar-refractivity contribution is -0.143. The normalized spacial score (nSPS) is 23.4. The van der Waals surface area contributed by atoms with Crippen LogP contribution in [0.3, 0.4) is 0 Å². The van der Waals surface area contributed by atoms with Gasteiger partial charge >= 0.3 is 6.09 Å². The number of alkyl carbamates (subject to hydrolysis) is 1. The standard InChI is InChI=1S/C14H26N2O4/c1-10-8-16(9-11(2)19-10)12(17)6-7-15-13(18)20-14(3,4)5/h10-11H,6-9H2,1-5H3,(H,15,18). The molecule has 20 heavy (non-hydrogen) atoms. The van der Waals surface area contributed by atoms with Crippen LogP contribution in [-0.2, 0) is 14.3 Å². The summed E-state index contributed by atoms with van der Waals surface area (Å²) in [5.74, 6) is 0.0306. The third-order valence-corrected chi connectivity index (χ3v) is 2.78. The first-order valence-corrected chi connectivity index (χ1v) is 7.07. The molecule has 6 heteroatoms. The molecule has 1 aliphatic heterocycles. The van der Waals surface area contributed by atoms with Gasteiger partial charge in [-0.2, -0.15) is 0 Å². The van der Waals surface area contributed by atoms with E-state index < -0.39 is 11.7 Å². The van der Waals surface area contributed by atoms with E-state index in [-0.39, 0.29) is 31.1 Å². The Hall–Kier alpha value is -1.30. The SMILES string of the molecule is CC1CN(C(=O)CCNC(=O)OC(C)(C)C)CC(C)O1. The zero-order chi connectivity index (χ0) is 15.3. The Morgan fingerprint density at radius 1 is 1.25 bits per heavy atom. The second kappa shape index (κ2) is 6.92. The average Bonchev–Trinajstić information content (AvgIpc) is 2.24. The maximum absolute atomic E-state index is 12.0. The molecule has 1 fully saturated rings. The van der Waals surface area contributed by atoms with Gasteiger partial charge in [0.15, 0.2) is 0 Å². The highest BCUT2D eigenvalue weighted by atomic mass is 16.6. The first kappa shape index (κ1) is 16.8. The van der Waals surface area contributed by atoms with E-state index in [0.29, 0.717) is 13.1 Å². The molecule has 0 spiro atoms. The lowest BCUT2D eigenvalue weighted by atomic mass is 10.2. The van der Waals surface area contributed by atoms with Crippen LogP contribution < -0.4 is 5.32 Å². The summed E-state index contributed by atoms with van der Waals surface area (Å²) in [5, 5.41) is 2.59. The molecular formula is C14H26N2O4. The molecule has 116 valence electrons. The lowest BCUT2D eigenvalue weighted by Gasteiger charge is -2.35. The van der Waals surface area contributed by atoms with Crippen LogP contribution in [0.4, 0.5) is 4.79 Å². The van der Waals surface area contributed by atoms with Crippen molar-refractivity contribution in [1.29, 1.82) is 0 Å². The van der Waals surface area contributed by atoms with Crippen molar-refractivity contribution < 1.29 is 19.1 Å². The van der Waals surface area contributed by atoms with Crippen molar-refractivity contribution in [3.63, 3.8) is 0 Å². The number of morpholine rings is 1. The van der Waals surface area contributed by atoms with Crippen LogP contribution in [0.25, 0.3) is 0 Å². The molecule has 0 bridgehead atoms. The van der Waals surface area contributed by atoms with Gasteiger partial charge in [0.1, 0.15) is 5.60 Å². The second-order valence-electron chi connectivity index (χ2n) is 6.23. The highest BCUT2D eigenvalue weighted by molar-refractivity contribution is 5.77. The van der Waals surface area contributed by atoms with E-state index >= 15 is 0 Å². The van der Waals surface area contributed by atoms with Crippen LogP contribution in [0.5, 0.6) is 0 Å². The van der Waals surface area contributed by atoms with Crippen molar-refractivity contribution in [1.82, 2.24) is 10.2 Å². The number of nitrogens with one attached hydrogen (secondary N) is 1. The average molecular weight is 286 g/mol. The number of carbonyl (C=O) groups excluding carboxylic acids is 2. The Morgan fingerprint density at radius 2 is 1.80 bits per heavy atom. The van der Waals surface area contributed by atoms with Crippen molar-refractivity contribution in [2.75, 3.05) is 19.6 Å². The Bertz CT molecular complexity index is 342. The first-order chi connectivity index (χ1) is 9.17. The predicted octanol–water partition coefficient (Wildman–Crippen LogP) is 1.54. The number of amides is 2. The quantitative estimate of drug-likeness (QED) is 0.854. The monoisotopic (exact) mass is 286 g/mol. The molecule has 1 heterocycles. The van der Waals surface area contributed by atoms with E-state index in [1.54, 1.807) is 25.7 Å². The van der Waals surface area contributed by atoms with E-state index in [1.807, 2.05) is 13.8 Å². The van der Waals surface area contributed by atoms with E-state index in [1.165, 1.54) is 0 Å². The molecule has 0 radical (unpaired) electrons. The van der Waals surface area contributed by atoms with Gasteiger partial charge < -0.3 is 19.7 Å². The molecule has 2 amide bonds. The molecule has 1 rings (SSSR count). The molecule has 2 unspecified atom stereocenters. The molecule has 2 atom stereocenters. The molecule has 0 aromatic rings. The number of hydrogen-bond acceptors (Lipinski definition) is 4. The fourth-order valence-corrected chi connectivity index (χ4v) is 2.13. The Kier molecular flexibility index (Phi) is 5.80. The van der Waals surface area contributed by atoms with Gasteiger partial charge in [-0.3, -0.25) is 4.79 Å². The smallest absolute Gasteiger partial charge is 0.407 e. The molecule has 0 aromatic carbocycles. The zero-order valence-corrected chi connectivity index (χ0v) is 13.1. The summed E-state index contributed by atoms with van der Waals surface area (Å²) >= 11 is 0. The first-order valence-electron chi connectivity index (χ1n) is 7.07. The summed E-state index contributed by atoms with van der Waals surface area (Å²) in [5.41, 5.74) is -0.525. The summed E-state index contributed by atoms with van der Waals surface area (Å²) < 4.78 is 10.7. The molecular weight excluding hydrogens is 260 g/mol. The zero-order valence-electron chi connectivity index (χ0n) is 13.1. The molecule has 1 saturated heterocycles. The summed E-state index contributed by atoms with van der Waals surface area (Å²) in [6, 6.07) is 0. The molecule has 1 N–H and O–H groups in total. The largest absolute Gasteiger partial charge is 0.444 e. The number of nitrogens with zero attached hydrogens (tertiary/aromatic N) is 1. The van der Waals surface area contributed by atoms with Gasteiger partial charge in [0, 0.05) is 26.1 Å². The van der Waals surface area contributed by atoms with Crippen molar-refractivity contribution in [3.05, 3.63) is 0 Å². The van der Waals surface area contributed by atoms with Gasteiger partial charge in [-0.25, -0.2) is 4.79 Å². The summed E-state index contributed by atoms with van der Waals surface area (Å²) in [6.07, 6.45) is -0.101. The number of rotatable bonds is 3. The minimum Gasteiger partial charge on any atom is -0.444 e. The second-order valence-corrected chi connectivity index (χ2v) is 6.23. The molecule has 0 aliphatic carbocycles. The van der Waals surface area contributed by atoms with Gasteiger partial charge in [0.2, 0.25) is 5.91 Å². The Morgan fingerprint density at radius 3 is 2.30 bits per heavy atom. The van der Waals surface area contributed by atoms with Crippen LogP contribution in [0, 0.1) is 0 Å². The lowest BCUT2D eigenvalue weighted by Crippen LogP contribution is -2.48. The van der Waals surface area contributed by atoms with Crippen LogP contribution >= 0.6 is 0 Å². The van der Waals surface area contributed by atoms with Gasteiger partial charge in [0.25, 0.3) is 0 Å². The molecule has 0 saturated carbocycles. The molecule has 6 nitrogen and oxygen atoms in total. The van der Waals surface area contributed by atoms with Crippen LogP contribution in [0.1, 0.15) is 41.0 Å². The minimum absolute atomic E-state index is 0.0306. The maximum atomic E-state index is 12.0.